The van der Waals surface area contributed by atoms with Crippen LogP contribution in [0.3, 0.4) is 0 Å². The summed E-state index contributed by atoms with van der Waals surface area (Å²) in [5, 5.41) is 3.03. The summed E-state index contributed by atoms with van der Waals surface area (Å²) in [7, 11) is 0. The molecule has 4 nitrogen and oxygen atoms in total. The van der Waals surface area contributed by atoms with E-state index in [0.29, 0.717) is 13.0 Å². The predicted octanol–water partition coefficient (Wildman–Crippen LogP) is 2.91. The van der Waals surface area contributed by atoms with Crippen LogP contribution in [-0.2, 0) is 22.4 Å². The van der Waals surface area contributed by atoms with E-state index in [2.05, 4.69) is 11.4 Å². The summed E-state index contributed by atoms with van der Waals surface area (Å²) in [5.74, 6) is 0.0389. The van der Waals surface area contributed by atoms with Crippen LogP contribution in [0, 0.1) is 0 Å². The maximum atomic E-state index is 12.3. The monoisotopic (exact) mass is 300 g/mol. The van der Waals surface area contributed by atoms with Crippen LogP contribution in [-0.4, -0.2) is 29.8 Å². The molecule has 0 radical (unpaired) electrons. The normalized spacial score (nSPS) is 18.5. The minimum absolute atomic E-state index is 0.0748. The van der Waals surface area contributed by atoms with Crippen LogP contribution < -0.4 is 5.32 Å². The molecule has 0 bridgehead atoms. The van der Waals surface area contributed by atoms with Gasteiger partial charge in [0, 0.05) is 18.7 Å². The molecule has 1 aliphatic heterocycles. The second kappa shape index (κ2) is 6.95. The first-order valence-corrected chi connectivity index (χ1v) is 8.42. The largest absolute Gasteiger partial charge is 0.333 e. The SMILES string of the molecule is O=C(CN1CCCCCC1=O)Nc1cccc2c1CCCC2. The third-order valence-corrected chi connectivity index (χ3v) is 4.68. The van der Waals surface area contributed by atoms with Crippen molar-refractivity contribution in [2.45, 2.75) is 51.4 Å². The molecule has 118 valence electrons. The topological polar surface area (TPSA) is 49.4 Å². The Morgan fingerprint density at radius 1 is 1.05 bits per heavy atom. The fraction of sp³-hybridized carbons (Fsp3) is 0.556. The first kappa shape index (κ1) is 15.1. The zero-order valence-corrected chi connectivity index (χ0v) is 13.1. The van der Waals surface area contributed by atoms with E-state index in [0.717, 1.165) is 37.8 Å². The van der Waals surface area contributed by atoms with Gasteiger partial charge in [-0.05, 0) is 55.7 Å². The maximum absolute atomic E-state index is 12.3. The number of benzene rings is 1. The zero-order valence-electron chi connectivity index (χ0n) is 13.1. The van der Waals surface area contributed by atoms with Crippen molar-refractivity contribution in [1.29, 1.82) is 0 Å². The summed E-state index contributed by atoms with van der Waals surface area (Å²) in [6.07, 6.45) is 8.15. The molecule has 0 spiro atoms. The Kier molecular flexibility index (Phi) is 4.76. The summed E-state index contributed by atoms with van der Waals surface area (Å²) < 4.78 is 0. The second-order valence-corrected chi connectivity index (χ2v) is 6.32. The lowest BCUT2D eigenvalue weighted by Gasteiger charge is -2.22. The van der Waals surface area contributed by atoms with E-state index in [9.17, 15) is 9.59 Å². The van der Waals surface area contributed by atoms with Gasteiger partial charge in [-0.15, -0.1) is 0 Å². The molecule has 1 aliphatic carbocycles. The number of aryl methyl sites for hydroxylation is 1. The average molecular weight is 300 g/mol. The minimum atomic E-state index is -0.0748. The van der Waals surface area contributed by atoms with Crippen LogP contribution in [0.1, 0.15) is 49.7 Å². The van der Waals surface area contributed by atoms with E-state index in [4.69, 9.17) is 0 Å². The highest BCUT2D eigenvalue weighted by atomic mass is 16.2. The fourth-order valence-corrected chi connectivity index (χ4v) is 3.47. The van der Waals surface area contributed by atoms with E-state index in [1.807, 2.05) is 12.1 Å². The zero-order chi connectivity index (χ0) is 15.4. The first-order valence-electron chi connectivity index (χ1n) is 8.42. The molecule has 1 heterocycles. The minimum Gasteiger partial charge on any atom is -0.333 e. The van der Waals surface area contributed by atoms with Crippen molar-refractivity contribution in [3.8, 4) is 0 Å². The number of fused-ring (bicyclic) bond motifs is 1. The molecule has 1 fully saturated rings. The molecule has 4 heteroatoms. The molecule has 2 amide bonds. The van der Waals surface area contributed by atoms with Gasteiger partial charge in [0.05, 0.1) is 6.54 Å². The number of nitrogens with zero attached hydrogens (tertiary/aromatic N) is 1. The van der Waals surface area contributed by atoms with Crippen molar-refractivity contribution in [3.63, 3.8) is 0 Å². The van der Waals surface area contributed by atoms with Crippen molar-refractivity contribution < 1.29 is 9.59 Å². The maximum Gasteiger partial charge on any atom is 0.244 e. The number of hydrogen-bond acceptors (Lipinski definition) is 2. The number of hydrogen-bond donors (Lipinski definition) is 1. The predicted molar refractivity (Wildman–Crippen MR) is 86.8 cm³/mol. The Morgan fingerprint density at radius 2 is 1.86 bits per heavy atom. The molecule has 1 aromatic carbocycles. The third-order valence-electron chi connectivity index (χ3n) is 4.68. The molecule has 1 N–H and O–H groups in total. The quantitative estimate of drug-likeness (QED) is 0.933. The number of nitrogens with one attached hydrogen (secondary N) is 1. The van der Waals surface area contributed by atoms with Gasteiger partial charge in [0.25, 0.3) is 0 Å². The standard InChI is InChI=1S/C18H24N2O2/c21-17(13-20-12-5-1-2-11-18(20)22)19-16-10-6-8-14-7-3-4-9-15(14)16/h6,8,10H,1-5,7,9,11-13H2,(H,19,21). The molecule has 0 aromatic heterocycles. The molecule has 3 rings (SSSR count). The molecule has 0 unspecified atom stereocenters. The first-order chi connectivity index (χ1) is 10.7. The summed E-state index contributed by atoms with van der Waals surface area (Å²) >= 11 is 0. The number of likely N-dealkylation sites (tertiary alicyclic amines) is 1. The highest BCUT2D eigenvalue weighted by Gasteiger charge is 2.20. The fourth-order valence-electron chi connectivity index (χ4n) is 3.47. The lowest BCUT2D eigenvalue weighted by atomic mass is 9.90. The van der Waals surface area contributed by atoms with Gasteiger partial charge in [-0.1, -0.05) is 18.6 Å². The Labute approximate surface area is 131 Å². The van der Waals surface area contributed by atoms with Crippen LogP contribution in [0.5, 0.6) is 0 Å². The molecular weight excluding hydrogens is 276 g/mol. The van der Waals surface area contributed by atoms with Gasteiger partial charge < -0.3 is 10.2 Å². The van der Waals surface area contributed by atoms with Gasteiger partial charge in [0.15, 0.2) is 0 Å². The molecule has 22 heavy (non-hydrogen) atoms. The Balaban J connectivity index is 1.65. The van der Waals surface area contributed by atoms with Crippen LogP contribution in [0.15, 0.2) is 18.2 Å². The summed E-state index contributed by atoms with van der Waals surface area (Å²) in [6, 6.07) is 6.14. The molecule has 1 aromatic rings. The van der Waals surface area contributed by atoms with E-state index in [-0.39, 0.29) is 18.4 Å². The molecule has 0 atom stereocenters. The van der Waals surface area contributed by atoms with Gasteiger partial charge >= 0.3 is 0 Å². The number of carbonyl (C=O) groups excluding carboxylic acids is 2. The van der Waals surface area contributed by atoms with Gasteiger partial charge in [0.2, 0.25) is 11.8 Å². The van der Waals surface area contributed by atoms with Crippen molar-refractivity contribution in [2.75, 3.05) is 18.4 Å². The van der Waals surface area contributed by atoms with E-state index < -0.39 is 0 Å². The van der Waals surface area contributed by atoms with Gasteiger partial charge in [-0.3, -0.25) is 9.59 Å². The van der Waals surface area contributed by atoms with E-state index >= 15 is 0 Å². The summed E-state index contributed by atoms with van der Waals surface area (Å²) in [6.45, 7) is 0.891. The van der Waals surface area contributed by atoms with Crippen LogP contribution in [0.2, 0.25) is 0 Å². The lowest BCUT2D eigenvalue weighted by Crippen LogP contribution is -2.37. The Bertz CT molecular complexity index is 568. The number of anilines is 1. The highest BCUT2D eigenvalue weighted by Crippen LogP contribution is 2.27. The highest BCUT2D eigenvalue weighted by molar-refractivity contribution is 5.95. The summed E-state index contributed by atoms with van der Waals surface area (Å²) in [5.41, 5.74) is 3.57. The van der Waals surface area contributed by atoms with E-state index in [1.165, 1.54) is 24.0 Å². The van der Waals surface area contributed by atoms with Gasteiger partial charge in [0.1, 0.15) is 0 Å². The van der Waals surface area contributed by atoms with Crippen LogP contribution in [0.25, 0.3) is 0 Å². The van der Waals surface area contributed by atoms with Crippen molar-refractivity contribution in [3.05, 3.63) is 29.3 Å². The van der Waals surface area contributed by atoms with Crippen molar-refractivity contribution in [1.82, 2.24) is 4.90 Å². The second-order valence-electron chi connectivity index (χ2n) is 6.32. The van der Waals surface area contributed by atoms with Crippen LogP contribution in [0.4, 0.5) is 5.69 Å². The summed E-state index contributed by atoms with van der Waals surface area (Å²) in [4.78, 5) is 26.0. The molecular formula is C18H24N2O2. The van der Waals surface area contributed by atoms with Gasteiger partial charge in [-0.25, -0.2) is 0 Å². The lowest BCUT2D eigenvalue weighted by molar-refractivity contribution is -0.134. The smallest absolute Gasteiger partial charge is 0.244 e. The van der Waals surface area contributed by atoms with Crippen molar-refractivity contribution >= 4 is 17.5 Å². The van der Waals surface area contributed by atoms with Gasteiger partial charge in [-0.2, -0.15) is 0 Å². The Morgan fingerprint density at radius 3 is 2.77 bits per heavy atom. The third kappa shape index (κ3) is 3.49. The number of carbonyl (C=O) groups is 2. The number of amides is 2. The van der Waals surface area contributed by atoms with E-state index in [1.54, 1.807) is 4.90 Å². The molecule has 2 aliphatic rings. The molecule has 0 saturated carbocycles. The average Bonchev–Trinajstić information content (AvgIpc) is 2.73. The van der Waals surface area contributed by atoms with Crippen LogP contribution >= 0.6 is 0 Å². The molecule has 1 saturated heterocycles. The Hall–Kier alpha value is -1.84. The van der Waals surface area contributed by atoms with Crippen molar-refractivity contribution in [2.24, 2.45) is 0 Å². The number of rotatable bonds is 3.